The molecule has 1 aliphatic rings. The first-order valence-electron chi connectivity index (χ1n) is 6.05. The molecule has 100 valence electrons. The first kappa shape index (κ1) is 12.3. The van der Waals surface area contributed by atoms with Crippen LogP contribution in [0, 0.1) is 0 Å². The summed E-state index contributed by atoms with van der Waals surface area (Å²) in [6, 6.07) is 5.80. The van der Waals surface area contributed by atoms with Gasteiger partial charge in [0.2, 0.25) is 0 Å². The molecule has 0 amide bonds. The minimum atomic E-state index is -4.38. The Morgan fingerprint density at radius 3 is 2.58 bits per heavy atom. The summed E-state index contributed by atoms with van der Waals surface area (Å²) >= 11 is 0. The lowest BCUT2D eigenvalue weighted by molar-refractivity contribution is -0.136. The van der Waals surface area contributed by atoms with Crippen LogP contribution in [0.15, 0.2) is 24.3 Å². The van der Waals surface area contributed by atoms with Crippen LogP contribution in [0.5, 0.6) is 5.75 Å². The van der Waals surface area contributed by atoms with Crippen molar-refractivity contribution in [3.63, 3.8) is 0 Å². The minimum Gasteiger partial charge on any atom is -0.494 e. The Labute approximate surface area is 108 Å². The van der Waals surface area contributed by atoms with Gasteiger partial charge in [-0.15, -0.1) is 0 Å². The highest BCUT2D eigenvalue weighted by atomic mass is 19.4. The standard InChI is InChI=1S/C14H12F3NO/c1-19-12-4-2-3-9-10(14(15,16)17)7-11(8-5-6-8)18-13(9)12/h2-4,7-8H,5-6H2,1H3. The molecule has 1 aromatic heterocycles. The van der Waals surface area contributed by atoms with Crippen molar-refractivity contribution in [3.8, 4) is 5.75 Å². The summed E-state index contributed by atoms with van der Waals surface area (Å²) in [5, 5.41) is 0.0938. The van der Waals surface area contributed by atoms with Crippen LogP contribution in [0.2, 0.25) is 0 Å². The number of ether oxygens (including phenoxy) is 1. The SMILES string of the molecule is COc1cccc2c(C(F)(F)F)cc(C3CC3)nc12. The lowest BCUT2D eigenvalue weighted by Gasteiger charge is -2.14. The van der Waals surface area contributed by atoms with Crippen LogP contribution in [0.1, 0.15) is 30.0 Å². The van der Waals surface area contributed by atoms with Gasteiger partial charge in [0.25, 0.3) is 0 Å². The van der Waals surface area contributed by atoms with Gasteiger partial charge in [0.1, 0.15) is 11.3 Å². The van der Waals surface area contributed by atoms with Crippen molar-refractivity contribution >= 4 is 10.9 Å². The highest BCUT2D eigenvalue weighted by molar-refractivity contribution is 5.88. The van der Waals surface area contributed by atoms with E-state index < -0.39 is 11.7 Å². The fourth-order valence-corrected chi connectivity index (χ4v) is 2.23. The lowest BCUT2D eigenvalue weighted by Crippen LogP contribution is -2.08. The number of pyridine rings is 1. The second-order valence-corrected chi connectivity index (χ2v) is 4.72. The van der Waals surface area contributed by atoms with E-state index in [-0.39, 0.29) is 11.3 Å². The summed E-state index contributed by atoms with van der Waals surface area (Å²) in [7, 11) is 1.44. The van der Waals surface area contributed by atoms with E-state index in [2.05, 4.69) is 4.98 Å². The van der Waals surface area contributed by atoms with E-state index in [0.29, 0.717) is 17.0 Å². The Morgan fingerprint density at radius 2 is 2.00 bits per heavy atom. The van der Waals surface area contributed by atoms with Crippen molar-refractivity contribution in [1.29, 1.82) is 0 Å². The van der Waals surface area contributed by atoms with Crippen molar-refractivity contribution in [3.05, 3.63) is 35.5 Å². The Balaban J connectivity index is 2.33. The highest BCUT2D eigenvalue weighted by Crippen LogP contribution is 2.44. The van der Waals surface area contributed by atoms with Gasteiger partial charge >= 0.3 is 6.18 Å². The Bertz CT molecular complexity index is 632. The molecule has 2 nitrogen and oxygen atoms in total. The average molecular weight is 267 g/mol. The van der Waals surface area contributed by atoms with E-state index >= 15 is 0 Å². The molecule has 0 N–H and O–H groups in total. The van der Waals surface area contributed by atoms with Gasteiger partial charge in [-0.1, -0.05) is 12.1 Å². The molecule has 1 fully saturated rings. The number of hydrogen-bond donors (Lipinski definition) is 0. The van der Waals surface area contributed by atoms with Gasteiger partial charge in [-0.25, -0.2) is 4.98 Å². The zero-order valence-electron chi connectivity index (χ0n) is 10.3. The summed E-state index contributed by atoms with van der Waals surface area (Å²) in [5.41, 5.74) is 0.185. The van der Waals surface area contributed by atoms with Crippen LogP contribution in [-0.2, 0) is 6.18 Å². The van der Waals surface area contributed by atoms with Crippen molar-refractivity contribution in [1.82, 2.24) is 4.98 Å². The fraction of sp³-hybridized carbons (Fsp3) is 0.357. The number of aromatic nitrogens is 1. The minimum absolute atomic E-state index is 0.0938. The Morgan fingerprint density at radius 1 is 1.26 bits per heavy atom. The molecule has 2 aromatic rings. The molecule has 1 heterocycles. The predicted octanol–water partition coefficient (Wildman–Crippen LogP) is 4.14. The molecule has 3 rings (SSSR count). The number of methoxy groups -OCH3 is 1. The summed E-state index contributed by atoms with van der Waals surface area (Å²) in [4.78, 5) is 4.36. The van der Waals surface area contributed by atoms with Gasteiger partial charge < -0.3 is 4.74 Å². The summed E-state index contributed by atoms with van der Waals surface area (Å²) in [5.74, 6) is 0.543. The number of rotatable bonds is 2. The molecule has 1 saturated carbocycles. The number of halogens is 3. The topological polar surface area (TPSA) is 22.1 Å². The maximum atomic E-state index is 13.1. The monoisotopic (exact) mass is 267 g/mol. The van der Waals surface area contributed by atoms with Crippen molar-refractivity contribution in [2.24, 2.45) is 0 Å². The number of para-hydroxylation sites is 1. The normalized spacial score (nSPS) is 15.8. The van der Waals surface area contributed by atoms with Crippen LogP contribution in [-0.4, -0.2) is 12.1 Å². The molecule has 0 radical (unpaired) electrons. The van der Waals surface area contributed by atoms with E-state index in [1.54, 1.807) is 12.1 Å². The molecular weight excluding hydrogens is 255 g/mol. The van der Waals surface area contributed by atoms with Crippen molar-refractivity contribution < 1.29 is 17.9 Å². The third kappa shape index (κ3) is 2.13. The second kappa shape index (κ2) is 4.11. The molecular formula is C14H12F3NO. The molecule has 0 spiro atoms. The molecule has 0 saturated heterocycles. The largest absolute Gasteiger partial charge is 0.494 e. The molecule has 5 heteroatoms. The van der Waals surface area contributed by atoms with Gasteiger partial charge in [-0.05, 0) is 25.0 Å². The molecule has 0 aliphatic heterocycles. The van der Waals surface area contributed by atoms with Crippen LogP contribution < -0.4 is 4.74 Å². The maximum absolute atomic E-state index is 13.1. The predicted molar refractivity (Wildman–Crippen MR) is 65.3 cm³/mol. The number of alkyl halides is 3. The third-order valence-electron chi connectivity index (χ3n) is 3.34. The number of nitrogens with zero attached hydrogens (tertiary/aromatic N) is 1. The van der Waals surface area contributed by atoms with Crippen LogP contribution in [0.3, 0.4) is 0 Å². The molecule has 0 bridgehead atoms. The molecule has 0 unspecified atom stereocenters. The van der Waals surface area contributed by atoms with Gasteiger partial charge in [-0.2, -0.15) is 13.2 Å². The Hall–Kier alpha value is -1.78. The van der Waals surface area contributed by atoms with E-state index in [1.165, 1.54) is 19.2 Å². The van der Waals surface area contributed by atoms with Crippen LogP contribution in [0.25, 0.3) is 10.9 Å². The molecule has 0 atom stereocenters. The van der Waals surface area contributed by atoms with Crippen molar-refractivity contribution in [2.45, 2.75) is 24.9 Å². The second-order valence-electron chi connectivity index (χ2n) is 4.72. The molecule has 1 aliphatic carbocycles. The number of fused-ring (bicyclic) bond motifs is 1. The molecule has 19 heavy (non-hydrogen) atoms. The zero-order chi connectivity index (χ0) is 13.6. The van der Waals surface area contributed by atoms with Crippen LogP contribution in [0.4, 0.5) is 13.2 Å². The number of hydrogen-bond acceptors (Lipinski definition) is 2. The van der Waals surface area contributed by atoms with Gasteiger partial charge in [-0.3, -0.25) is 0 Å². The summed E-state index contributed by atoms with van der Waals surface area (Å²) in [6.45, 7) is 0. The first-order chi connectivity index (χ1) is 9.00. The average Bonchev–Trinajstić information content (AvgIpc) is 3.19. The van der Waals surface area contributed by atoms with Gasteiger partial charge in [0.05, 0.1) is 12.7 Å². The van der Waals surface area contributed by atoms with E-state index in [4.69, 9.17) is 4.74 Å². The van der Waals surface area contributed by atoms with E-state index in [0.717, 1.165) is 12.8 Å². The summed E-state index contributed by atoms with van der Waals surface area (Å²) < 4.78 is 44.6. The van der Waals surface area contributed by atoms with E-state index in [1.807, 2.05) is 0 Å². The Kier molecular flexibility index (Phi) is 2.66. The smallest absolute Gasteiger partial charge is 0.417 e. The summed E-state index contributed by atoms with van der Waals surface area (Å²) in [6.07, 6.45) is -2.56. The van der Waals surface area contributed by atoms with E-state index in [9.17, 15) is 13.2 Å². The van der Waals surface area contributed by atoms with Crippen molar-refractivity contribution in [2.75, 3.05) is 7.11 Å². The third-order valence-corrected chi connectivity index (χ3v) is 3.34. The van der Waals surface area contributed by atoms with Gasteiger partial charge in [0.15, 0.2) is 0 Å². The van der Waals surface area contributed by atoms with Gasteiger partial charge in [0, 0.05) is 17.0 Å². The lowest BCUT2D eigenvalue weighted by atomic mass is 10.1. The number of benzene rings is 1. The zero-order valence-corrected chi connectivity index (χ0v) is 10.3. The molecule has 1 aromatic carbocycles. The maximum Gasteiger partial charge on any atom is 0.417 e. The fourth-order valence-electron chi connectivity index (χ4n) is 2.23. The van der Waals surface area contributed by atoms with Crippen LogP contribution >= 0.6 is 0 Å². The first-order valence-corrected chi connectivity index (χ1v) is 6.05. The quantitative estimate of drug-likeness (QED) is 0.815. The highest BCUT2D eigenvalue weighted by Gasteiger charge is 2.36.